The van der Waals surface area contributed by atoms with Crippen LogP contribution in [-0.4, -0.2) is 25.5 Å². The molecule has 22 heavy (non-hydrogen) atoms. The Morgan fingerprint density at radius 3 is 2.64 bits per heavy atom. The Balaban J connectivity index is 1.84. The third-order valence-electron chi connectivity index (χ3n) is 3.27. The Morgan fingerprint density at radius 1 is 1.23 bits per heavy atom. The molecular formula is C14H12N4O3S. The fourth-order valence-corrected chi connectivity index (χ4v) is 2.68. The van der Waals surface area contributed by atoms with E-state index in [1.54, 1.807) is 18.5 Å². The van der Waals surface area contributed by atoms with Crippen LogP contribution < -0.4 is 10.5 Å². The number of anilines is 1. The first-order valence-electron chi connectivity index (χ1n) is 6.37. The van der Waals surface area contributed by atoms with Crippen LogP contribution in [0.2, 0.25) is 0 Å². The predicted octanol–water partition coefficient (Wildman–Crippen LogP) is 1.17. The van der Waals surface area contributed by atoms with Crippen molar-refractivity contribution in [2.45, 2.75) is 10.8 Å². The van der Waals surface area contributed by atoms with Crippen molar-refractivity contribution in [3.05, 3.63) is 48.3 Å². The number of hydrogen-bond donors (Lipinski definition) is 2. The highest BCUT2D eigenvalue weighted by atomic mass is 32.2. The lowest BCUT2D eigenvalue weighted by Crippen LogP contribution is -2.13. The number of nitrogens with two attached hydrogens (primary N) is 1. The summed E-state index contributed by atoms with van der Waals surface area (Å²) in [6.07, 6.45) is 4.72. The highest BCUT2D eigenvalue weighted by Crippen LogP contribution is 2.30. The summed E-state index contributed by atoms with van der Waals surface area (Å²) in [7, 11) is -3.72. The van der Waals surface area contributed by atoms with E-state index in [4.69, 9.17) is 5.14 Å². The van der Waals surface area contributed by atoms with Crippen molar-refractivity contribution in [1.82, 2.24) is 4.98 Å². The Labute approximate surface area is 127 Å². The Kier molecular flexibility index (Phi) is 3.47. The van der Waals surface area contributed by atoms with Crippen LogP contribution in [0.4, 0.5) is 11.4 Å². The molecule has 1 aliphatic rings. The fourth-order valence-electron chi connectivity index (χ4n) is 2.16. The summed E-state index contributed by atoms with van der Waals surface area (Å²) in [5.41, 5.74) is 2.01. The van der Waals surface area contributed by atoms with Crippen LogP contribution in [0.1, 0.15) is 11.5 Å². The zero-order valence-corrected chi connectivity index (χ0v) is 12.1. The topological polar surface area (TPSA) is 115 Å². The summed E-state index contributed by atoms with van der Waals surface area (Å²) >= 11 is 0. The van der Waals surface area contributed by atoms with E-state index in [2.05, 4.69) is 15.3 Å². The molecule has 1 amide bonds. The maximum Gasteiger partial charge on any atom is 0.238 e. The van der Waals surface area contributed by atoms with Gasteiger partial charge in [-0.2, -0.15) is 0 Å². The minimum Gasteiger partial charge on any atom is -0.324 e. The van der Waals surface area contributed by atoms with Gasteiger partial charge in [-0.15, -0.1) is 0 Å². The van der Waals surface area contributed by atoms with Crippen molar-refractivity contribution in [3.63, 3.8) is 0 Å². The van der Waals surface area contributed by atoms with Crippen LogP contribution in [0.3, 0.4) is 0 Å². The number of rotatable bonds is 3. The molecule has 0 radical (unpaired) electrons. The molecule has 0 fully saturated rings. The second-order valence-electron chi connectivity index (χ2n) is 4.75. The normalized spacial score (nSPS) is 17.5. The first-order chi connectivity index (χ1) is 10.4. The lowest BCUT2D eigenvalue weighted by molar-refractivity contribution is -0.115. The molecule has 8 heteroatoms. The van der Waals surface area contributed by atoms with Gasteiger partial charge in [0.05, 0.1) is 22.5 Å². The van der Waals surface area contributed by atoms with Gasteiger partial charge in [0.2, 0.25) is 15.9 Å². The van der Waals surface area contributed by atoms with Crippen LogP contribution in [0.15, 0.2) is 52.6 Å². The molecule has 1 aromatic carbocycles. The molecule has 3 N–H and O–H groups in total. The van der Waals surface area contributed by atoms with E-state index in [1.165, 1.54) is 30.5 Å². The molecule has 112 valence electrons. The van der Waals surface area contributed by atoms with Gasteiger partial charge in [0.25, 0.3) is 0 Å². The lowest BCUT2D eigenvalue weighted by atomic mass is 10.0. The third kappa shape index (κ3) is 2.74. The number of primary sulfonamides is 1. The van der Waals surface area contributed by atoms with E-state index in [-0.39, 0.29) is 10.8 Å². The summed E-state index contributed by atoms with van der Waals surface area (Å²) in [4.78, 5) is 20.1. The second kappa shape index (κ2) is 5.32. The van der Waals surface area contributed by atoms with Gasteiger partial charge in [-0.05, 0) is 35.9 Å². The van der Waals surface area contributed by atoms with Gasteiger partial charge in [0, 0.05) is 12.4 Å². The Morgan fingerprint density at radius 2 is 1.95 bits per heavy atom. The van der Waals surface area contributed by atoms with E-state index in [9.17, 15) is 13.2 Å². The summed E-state index contributed by atoms with van der Waals surface area (Å²) in [6.45, 7) is 0. The minimum atomic E-state index is -3.72. The Bertz CT molecular complexity index is 860. The fraction of sp³-hybridized carbons (Fsp3) is 0.0714. The number of carbonyl (C=O) groups is 1. The molecule has 0 saturated heterocycles. The van der Waals surface area contributed by atoms with Gasteiger partial charge in [0.1, 0.15) is 5.92 Å². The zero-order chi connectivity index (χ0) is 15.7. The SMILES string of the molecule is NS(=O)(=O)c1ccc(N=CC2C(=O)Nc3cnccc32)cc1. The quantitative estimate of drug-likeness (QED) is 0.827. The van der Waals surface area contributed by atoms with Crippen molar-refractivity contribution in [2.75, 3.05) is 5.32 Å². The van der Waals surface area contributed by atoms with Gasteiger partial charge in [-0.3, -0.25) is 14.8 Å². The number of fused-ring (bicyclic) bond motifs is 1. The number of benzene rings is 1. The molecule has 0 spiro atoms. The molecule has 7 nitrogen and oxygen atoms in total. The van der Waals surface area contributed by atoms with Gasteiger partial charge < -0.3 is 5.32 Å². The molecular weight excluding hydrogens is 304 g/mol. The molecule has 1 aromatic heterocycles. The Hall–Kier alpha value is -2.58. The molecule has 2 heterocycles. The molecule has 1 atom stereocenters. The number of aromatic nitrogens is 1. The van der Waals surface area contributed by atoms with E-state index < -0.39 is 15.9 Å². The van der Waals surface area contributed by atoms with E-state index in [0.717, 1.165) is 5.56 Å². The van der Waals surface area contributed by atoms with Crippen LogP contribution in [0.25, 0.3) is 0 Å². The number of sulfonamides is 1. The maximum atomic E-state index is 11.9. The maximum absolute atomic E-state index is 11.9. The number of hydrogen-bond acceptors (Lipinski definition) is 5. The van der Waals surface area contributed by atoms with Crippen molar-refractivity contribution >= 4 is 33.5 Å². The summed E-state index contributed by atoms with van der Waals surface area (Å²) in [5, 5.41) is 7.75. The molecule has 1 unspecified atom stereocenters. The standard InChI is InChI=1S/C14H12N4O3S/c15-22(20,21)10-3-1-9(2-4-10)17-7-12-11-5-6-16-8-13(11)18-14(12)19/h1-8,12H,(H,18,19)(H2,15,20,21). The van der Waals surface area contributed by atoms with Gasteiger partial charge in [-0.25, -0.2) is 13.6 Å². The van der Waals surface area contributed by atoms with Crippen molar-refractivity contribution in [2.24, 2.45) is 10.1 Å². The number of carbonyl (C=O) groups excluding carboxylic acids is 1. The van der Waals surface area contributed by atoms with Crippen molar-refractivity contribution in [1.29, 1.82) is 0 Å². The number of amides is 1. The number of aliphatic imine (C=N–C) groups is 1. The minimum absolute atomic E-state index is 0.0153. The highest BCUT2D eigenvalue weighted by molar-refractivity contribution is 7.89. The highest BCUT2D eigenvalue weighted by Gasteiger charge is 2.28. The third-order valence-corrected chi connectivity index (χ3v) is 4.20. The van der Waals surface area contributed by atoms with Crippen molar-refractivity contribution < 1.29 is 13.2 Å². The number of nitrogens with zero attached hydrogens (tertiary/aromatic N) is 2. The van der Waals surface area contributed by atoms with Crippen molar-refractivity contribution in [3.8, 4) is 0 Å². The number of pyridine rings is 1. The first-order valence-corrected chi connectivity index (χ1v) is 7.91. The molecule has 0 saturated carbocycles. The van der Waals surface area contributed by atoms with E-state index in [0.29, 0.717) is 11.4 Å². The average molecular weight is 316 g/mol. The average Bonchev–Trinajstić information content (AvgIpc) is 2.80. The smallest absolute Gasteiger partial charge is 0.238 e. The largest absolute Gasteiger partial charge is 0.324 e. The summed E-state index contributed by atoms with van der Waals surface area (Å²) < 4.78 is 22.3. The van der Waals surface area contributed by atoms with E-state index >= 15 is 0 Å². The molecule has 2 aromatic rings. The van der Waals surface area contributed by atoms with Gasteiger partial charge in [0.15, 0.2) is 0 Å². The van der Waals surface area contributed by atoms with Crippen LogP contribution in [0, 0.1) is 0 Å². The second-order valence-corrected chi connectivity index (χ2v) is 6.31. The number of nitrogens with one attached hydrogen (secondary N) is 1. The van der Waals surface area contributed by atoms with E-state index in [1.807, 2.05) is 0 Å². The van der Waals surface area contributed by atoms with Gasteiger partial charge in [-0.1, -0.05) is 0 Å². The van der Waals surface area contributed by atoms with Crippen LogP contribution in [0.5, 0.6) is 0 Å². The first kappa shape index (κ1) is 14.4. The molecule has 1 aliphatic heterocycles. The van der Waals surface area contributed by atoms with Crippen LogP contribution >= 0.6 is 0 Å². The molecule has 0 bridgehead atoms. The van der Waals surface area contributed by atoms with Gasteiger partial charge >= 0.3 is 0 Å². The zero-order valence-electron chi connectivity index (χ0n) is 11.3. The van der Waals surface area contributed by atoms with Crippen LogP contribution in [-0.2, 0) is 14.8 Å². The lowest BCUT2D eigenvalue weighted by Gasteiger charge is -2.02. The predicted molar refractivity (Wildman–Crippen MR) is 81.6 cm³/mol. The molecule has 0 aliphatic carbocycles. The summed E-state index contributed by atoms with van der Waals surface area (Å²) in [5.74, 6) is -0.663. The molecule has 3 rings (SSSR count). The monoisotopic (exact) mass is 316 g/mol. The summed E-state index contributed by atoms with van der Waals surface area (Å²) in [6, 6.07) is 7.55.